The molecule has 5 nitrogen and oxygen atoms in total. The number of hydrogen-bond donors (Lipinski definition) is 1. The van der Waals surface area contributed by atoms with Crippen molar-refractivity contribution in [1.29, 1.82) is 5.26 Å². The Morgan fingerprint density at radius 3 is 2.81 bits per heavy atom. The molecule has 0 saturated carbocycles. The minimum absolute atomic E-state index is 0.239. The maximum absolute atomic E-state index is 13.2. The number of carbonyl (C=O) groups is 1. The first-order valence-corrected chi connectivity index (χ1v) is 8.79. The van der Waals surface area contributed by atoms with E-state index in [2.05, 4.69) is 16.5 Å². The summed E-state index contributed by atoms with van der Waals surface area (Å²) >= 11 is 0. The fourth-order valence-corrected chi connectivity index (χ4v) is 3.43. The third-order valence-electron chi connectivity index (χ3n) is 4.73. The highest BCUT2D eigenvalue weighted by Crippen LogP contribution is 2.28. The zero-order chi connectivity index (χ0) is 18.8. The van der Waals surface area contributed by atoms with Gasteiger partial charge in [-0.05, 0) is 61.2 Å². The Morgan fingerprint density at radius 1 is 1.22 bits per heavy atom. The number of fused-ring (bicyclic) bond motifs is 1. The second-order valence-corrected chi connectivity index (χ2v) is 6.51. The first-order valence-electron chi connectivity index (χ1n) is 8.79. The second-order valence-electron chi connectivity index (χ2n) is 6.51. The van der Waals surface area contributed by atoms with Crippen LogP contribution in [0.2, 0.25) is 0 Å². The van der Waals surface area contributed by atoms with E-state index in [1.165, 1.54) is 12.1 Å². The predicted molar refractivity (Wildman–Crippen MR) is 97.9 cm³/mol. The average molecular weight is 360 g/mol. The van der Waals surface area contributed by atoms with Crippen molar-refractivity contribution in [3.63, 3.8) is 0 Å². The summed E-state index contributed by atoms with van der Waals surface area (Å²) in [5, 5.41) is 16.4. The lowest BCUT2D eigenvalue weighted by Crippen LogP contribution is -2.24. The molecule has 3 aromatic rings. The number of amides is 1. The number of carbonyl (C=O) groups excluding carboxylic acids is 1. The van der Waals surface area contributed by atoms with Crippen LogP contribution in [0.15, 0.2) is 48.5 Å². The molecule has 0 atom stereocenters. The fraction of sp³-hybridized carbons (Fsp3) is 0.190. The molecular weight excluding hydrogens is 343 g/mol. The summed E-state index contributed by atoms with van der Waals surface area (Å²) < 4.78 is 15.0. The normalized spacial score (nSPS) is 12.4. The van der Waals surface area contributed by atoms with E-state index >= 15 is 0 Å². The summed E-state index contributed by atoms with van der Waals surface area (Å²) in [5.41, 5.74) is 4.56. The molecule has 0 saturated heterocycles. The van der Waals surface area contributed by atoms with E-state index in [0.717, 1.165) is 41.8 Å². The molecule has 1 N–H and O–H groups in total. The molecule has 0 aliphatic heterocycles. The summed E-state index contributed by atoms with van der Waals surface area (Å²) in [5.74, 6) is -0.545. The maximum Gasteiger partial charge on any atom is 0.272 e. The van der Waals surface area contributed by atoms with Crippen LogP contribution >= 0.6 is 0 Å². The lowest BCUT2D eigenvalue weighted by Gasteiger charge is -2.06. The molecule has 0 fully saturated rings. The van der Waals surface area contributed by atoms with E-state index in [9.17, 15) is 9.18 Å². The van der Waals surface area contributed by atoms with E-state index in [0.29, 0.717) is 17.8 Å². The molecule has 1 aliphatic carbocycles. The molecule has 6 heteroatoms. The maximum atomic E-state index is 13.2. The van der Waals surface area contributed by atoms with Crippen molar-refractivity contribution in [2.45, 2.75) is 25.8 Å². The van der Waals surface area contributed by atoms with Crippen LogP contribution in [0, 0.1) is 17.1 Å². The molecule has 4 rings (SSSR count). The number of rotatable bonds is 4. The molecule has 0 radical (unpaired) electrons. The van der Waals surface area contributed by atoms with Crippen molar-refractivity contribution in [1.82, 2.24) is 15.1 Å². The second kappa shape index (κ2) is 7.04. The molecule has 27 heavy (non-hydrogen) atoms. The highest BCUT2D eigenvalue weighted by atomic mass is 19.1. The molecule has 0 bridgehead atoms. The quantitative estimate of drug-likeness (QED) is 0.776. The summed E-state index contributed by atoms with van der Waals surface area (Å²) in [4.78, 5) is 12.7. The molecule has 1 heterocycles. The number of hydrogen-bond acceptors (Lipinski definition) is 3. The molecule has 2 aromatic carbocycles. The zero-order valence-electron chi connectivity index (χ0n) is 14.6. The summed E-state index contributed by atoms with van der Waals surface area (Å²) in [6, 6.07) is 15.3. The smallest absolute Gasteiger partial charge is 0.272 e. The van der Waals surface area contributed by atoms with Gasteiger partial charge in [0.25, 0.3) is 5.91 Å². The van der Waals surface area contributed by atoms with Gasteiger partial charge in [0.1, 0.15) is 5.82 Å². The van der Waals surface area contributed by atoms with Crippen LogP contribution in [0.4, 0.5) is 4.39 Å². The highest BCUT2D eigenvalue weighted by molar-refractivity contribution is 5.94. The third kappa shape index (κ3) is 3.32. The summed E-state index contributed by atoms with van der Waals surface area (Å²) in [6.45, 7) is 0.326. The monoisotopic (exact) mass is 360 g/mol. The average Bonchev–Trinajstić information content (AvgIpc) is 3.30. The van der Waals surface area contributed by atoms with Crippen molar-refractivity contribution in [3.05, 3.63) is 82.4 Å². The van der Waals surface area contributed by atoms with Gasteiger partial charge in [0.2, 0.25) is 0 Å². The number of halogens is 1. The number of nitrogens with zero attached hydrogens (tertiary/aromatic N) is 3. The SMILES string of the molecule is N#Cc1cccc(CNC(=O)c2nn(-c3ccc(F)cc3)c3c2CCC3)c1. The van der Waals surface area contributed by atoms with Crippen LogP contribution in [-0.4, -0.2) is 15.7 Å². The zero-order valence-corrected chi connectivity index (χ0v) is 14.6. The van der Waals surface area contributed by atoms with Gasteiger partial charge < -0.3 is 5.32 Å². The van der Waals surface area contributed by atoms with E-state index in [-0.39, 0.29) is 11.7 Å². The van der Waals surface area contributed by atoms with Crippen LogP contribution in [-0.2, 0) is 19.4 Å². The number of nitriles is 1. The molecule has 1 amide bonds. The van der Waals surface area contributed by atoms with Gasteiger partial charge >= 0.3 is 0 Å². The topological polar surface area (TPSA) is 70.7 Å². The van der Waals surface area contributed by atoms with Gasteiger partial charge in [0, 0.05) is 17.8 Å². The Hall–Kier alpha value is -3.46. The van der Waals surface area contributed by atoms with Crippen molar-refractivity contribution < 1.29 is 9.18 Å². The molecule has 1 aromatic heterocycles. The van der Waals surface area contributed by atoms with E-state index in [1.54, 1.807) is 35.0 Å². The van der Waals surface area contributed by atoms with E-state index < -0.39 is 0 Å². The van der Waals surface area contributed by atoms with Gasteiger partial charge in [0.05, 0.1) is 17.3 Å². The van der Waals surface area contributed by atoms with Gasteiger partial charge in [0.15, 0.2) is 5.69 Å². The fourth-order valence-electron chi connectivity index (χ4n) is 3.43. The standard InChI is InChI=1S/C21H17FN4O/c22-16-7-9-17(10-8-16)26-19-6-2-5-18(19)20(25-26)21(27)24-13-15-4-1-3-14(11-15)12-23/h1,3-4,7-11H,2,5-6,13H2,(H,24,27). The van der Waals surface area contributed by atoms with Crippen LogP contribution in [0.1, 0.15) is 39.3 Å². The molecular formula is C21H17FN4O. The Kier molecular flexibility index (Phi) is 4.43. The number of benzene rings is 2. The van der Waals surface area contributed by atoms with Crippen molar-refractivity contribution in [2.75, 3.05) is 0 Å². The summed E-state index contributed by atoms with van der Waals surface area (Å²) in [7, 11) is 0. The van der Waals surface area contributed by atoms with E-state index in [4.69, 9.17) is 5.26 Å². The Bertz CT molecular complexity index is 1050. The molecule has 1 aliphatic rings. The molecule has 0 unspecified atom stereocenters. The Balaban J connectivity index is 1.58. The minimum atomic E-state index is -0.305. The molecule has 0 spiro atoms. The van der Waals surface area contributed by atoms with Crippen LogP contribution in [0.5, 0.6) is 0 Å². The van der Waals surface area contributed by atoms with Gasteiger partial charge in [-0.3, -0.25) is 4.79 Å². The Labute approximate surface area is 156 Å². The molecule has 134 valence electrons. The van der Waals surface area contributed by atoms with Crippen LogP contribution < -0.4 is 5.32 Å². The lowest BCUT2D eigenvalue weighted by atomic mass is 10.1. The van der Waals surface area contributed by atoms with Gasteiger partial charge in [-0.2, -0.15) is 10.4 Å². The van der Waals surface area contributed by atoms with Gasteiger partial charge in [-0.1, -0.05) is 12.1 Å². The minimum Gasteiger partial charge on any atom is -0.347 e. The van der Waals surface area contributed by atoms with Crippen molar-refractivity contribution >= 4 is 5.91 Å². The Morgan fingerprint density at radius 2 is 2.04 bits per heavy atom. The van der Waals surface area contributed by atoms with Crippen molar-refractivity contribution in [2.24, 2.45) is 0 Å². The number of aromatic nitrogens is 2. The van der Waals surface area contributed by atoms with Crippen LogP contribution in [0.3, 0.4) is 0 Å². The van der Waals surface area contributed by atoms with Gasteiger partial charge in [-0.25, -0.2) is 9.07 Å². The predicted octanol–water partition coefficient (Wildman–Crippen LogP) is 3.30. The summed E-state index contributed by atoms with van der Waals surface area (Å²) in [6.07, 6.45) is 2.62. The number of nitrogens with one attached hydrogen (secondary N) is 1. The van der Waals surface area contributed by atoms with Crippen LogP contribution in [0.25, 0.3) is 5.69 Å². The van der Waals surface area contributed by atoms with E-state index in [1.807, 2.05) is 6.07 Å². The largest absolute Gasteiger partial charge is 0.347 e. The third-order valence-corrected chi connectivity index (χ3v) is 4.73. The first kappa shape index (κ1) is 17.0. The highest BCUT2D eigenvalue weighted by Gasteiger charge is 2.26. The van der Waals surface area contributed by atoms with Gasteiger partial charge in [-0.15, -0.1) is 0 Å². The first-order chi connectivity index (χ1) is 13.2. The van der Waals surface area contributed by atoms with Crippen molar-refractivity contribution in [3.8, 4) is 11.8 Å². The lowest BCUT2D eigenvalue weighted by molar-refractivity contribution is 0.0944.